The van der Waals surface area contributed by atoms with Crippen LogP contribution in [0.5, 0.6) is 0 Å². The first-order valence-electron chi connectivity index (χ1n) is 10.8. The number of fused-ring (bicyclic) bond motifs is 7. The zero-order valence-corrected chi connectivity index (χ0v) is 17.5. The molecule has 0 saturated carbocycles. The SMILES string of the molecule is CC1(C)c2cccc(C#N)c2B2c3c(cccc31)-n1c3ccccc3c3cccc2c31. The van der Waals surface area contributed by atoms with Crippen molar-refractivity contribution in [3.63, 3.8) is 0 Å². The van der Waals surface area contributed by atoms with Crippen LogP contribution in [0, 0.1) is 11.3 Å². The van der Waals surface area contributed by atoms with E-state index in [-0.39, 0.29) is 12.1 Å². The summed E-state index contributed by atoms with van der Waals surface area (Å²) in [6, 6.07) is 30.8. The lowest BCUT2D eigenvalue weighted by Gasteiger charge is -2.42. The van der Waals surface area contributed by atoms with Gasteiger partial charge in [-0.1, -0.05) is 74.5 Å². The molecular weight excluding hydrogens is 375 g/mol. The van der Waals surface area contributed by atoms with Crippen molar-refractivity contribution in [1.82, 2.24) is 4.57 Å². The van der Waals surface area contributed by atoms with Crippen LogP contribution < -0.4 is 16.4 Å². The van der Waals surface area contributed by atoms with Gasteiger partial charge >= 0.3 is 0 Å². The second-order valence-electron chi connectivity index (χ2n) is 9.27. The van der Waals surface area contributed by atoms with E-state index in [1.54, 1.807) is 0 Å². The van der Waals surface area contributed by atoms with Gasteiger partial charge in [0, 0.05) is 33.0 Å². The first-order chi connectivity index (χ1) is 15.1. The summed E-state index contributed by atoms with van der Waals surface area (Å²) in [6.45, 7) is 4.66. The van der Waals surface area contributed by atoms with E-state index in [0.717, 1.165) is 5.56 Å². The molecule has 5 aromatic rings. The summed E-state index contributed by atoms with van der Waals surface area (Å²) in [6.07, 6.45) is 0. The molecule has 0 fully saturated rings. The number of aromatic nitrogens is 1. The minimum Gasteiger partial charge on any atom is -0.310 e. The van der Waals surface area contributed by atoms with E-state index in [0.29, 0.717) is 0 Å². The lowest BCUT2D eigenvalue weighted by atomic mass is 9.30. The molecule has 3 heteroatoms. The Balaban J connectivity index is 1.77. The van der Waals surface area contributed by atoms with Crippen molar-refractivity contribution in [1.29, 1.82) is 5.26 Å². The summed E-state index contributed by atoms with van der Waals surface area (Å²) >= 11 is 0. The molecule has 0 unspecified atom stereocenters. The maximum Gasteiger partial charge on any atom is 0.249 e. The molecule has 0 N–H and O–H groups in total. The van der Waals surface area contributed by atoms with Gasteiger partial charge in [0.25, 0.3) is 0 Å². The number of benzene rings is 4. The molecule has 2 nitrogen and oxygen atoms in total. The van der Waals surface area contributed by atoms with Gasteiger partial charge in [-0.05, 0) is 45.7 Å². The number of nitrogens with zero attached hydrogens (tertiary/aromatic N) is 2. The maximum atomic E-state index is 10.1. The van der Waals surface area contributed by atoms with Crippen LogP contribution >= 0.6 is 0 Å². The molecule has 2 aliphatic heterocycles. The number of para-hydroxylation sites is 2. The Kier molecular flexibility index (Phi) is 3.00. The lowest BCUT2D eigenvalue weighted by Crippen LogP contribution is -2.64. The van der Waals surface area contributed by atoms with E-state index in [2.05, 4.69) is 91.2 Å². The van der Waals surface area contributed by atoms with Crippen molar-refractivity contribution in [2.45, 2.75) is 19.3 Å². The van der Waals surface area contributed by atoms with Crippen molar-refractivity contribution >= 4 is 44.9 Å². The van der Waals surface area contributed by atoms with Gasteiger partial charge in [-0.15, -0.1) is 0 Å². The molecule has 0 spiro atoms. The fraction of sp³-hybridized carbons (Fsp3) is 0.107. The Hall–Kier alpha value is -3.77. The van der Waals surface area contributed by atoms with E-state index in [4.69, 9.17) is 0 Å². The summed E-state index contributed by atoms with van der Waals surface area (Å²) in [7, 11) is 0. The molecule has 31 heavy (non-hydrogen) atoms. The molecule has 0 atom stereocenters. The lowest BCUT2D eigenvalue weighted by molar-refractivity contribution is 0.645. The second kappa shape index (κ2) is 5.48. The monoisotopic (exact) mass is 394 g/mol. The molecule has 0 amide bonds. The van der Waals surface area contributed by atoms with Crippen LogP contribution in [-0.2, 0) is 5.41 Å². The number of hydrogen-bond acceptors (Lipinski definition) is 1. The molecule has 0 aliphatic carbocycles. The van der Waals surface area contributed by atoms with Crippen molar-refractivity contribution in [2.24, 2.45) is 0 Å². The maximum absolute atomic E-state index is 10.1. The molecule has 0 radical (unpaired) electrons. The Bertz CT molecular complexity index is 1630. The molecule has 3 heterocycles. The third-order valence-corrected chi connectivity index (χ3v) is 7.51. The average molecular weight is 394 g/mol. The van der Waals surface area contributed by atoms with E-state index in [1.165, 1.54) is 55.0 Å². The minimum atomic E-state index is -0.168. The Morgan fingerprint density at radius 1 is 0.774 bits per heavy atom. The van der Waals surface area contributed by atoms with Crippen LogP contribution in [0.2, 0.25) is 0 Å². The molecule has 1 aromatic heterocycles. The highest BCUT2D eigenvalue weighted by Gasteiger charge is 2.45. The smallest absolute Gasteiger partial charge is 0.249 e. The predicted octanol–water partition coefficient (Wildman–Crippen LogP) is 4.12. The van der Waals surface area contributed by atoms with Gasteiger partial charge in [0.05, 0.1) is 11.6 Å². The van der Waals surface area contributed by atoms with Crippen LogP contribution in [0.3, 0.4) is 0 Å². The van der Waals surface area contributed by atoms with Gasteiger partial charge in [-0.25, -0.2) is 0 Å². The molecular formula is C28H19BN2. The van der Waals surface area contributed by atoms with Crippen LogP contribution in [0.15, 0.2) is 78.9 Å². The fourth-order valence-electron chi connectivity index (χ4n) is 6.24. The zero-order chi connectivity index (χ0) is 20.9. The Labute approximate surface area is 181 Å². The number of rotatable bonds is 0. The topological polar surface area (TPSA) is 28.7 Å². The van der Waals surface area contributed by atoms with Crippen LogP contribution in [0.1, 0.15) is 30.5 Å². The van der Waals surface area contributed by atoms with E-state index >= 15 is 0 Å². The molecule has 4 aromatic carbocycles. The van der Waals surface area contributed by atoms with E-state index < -0.39 is 0 Å². The molecule has 0 saturated heterocycles. The van der Waals surface area contributed by atoms with Crippen molar-refractivity contribution in [3.8, 4) is 11.8 Å². The summed E-state index contributed by atoms with van der Waals surface area (Å²) in [5.41, 5.74) is 10.8. The van der Waals surface area contributed by atoms with Crippen molar-refractivity contribution in [3.05, 3.63) is 95.6 Å². The first kappa shape index (κ1) is 17.0. The Morgan fingerprint density at radius 2 is 1.48 bits per heavy atom. The third-order valence-electron chi connectivity index (χ3n) is 7.51. The average Bonchev–Trinajstić information content (AvgIpc) is 3.14. The zero-order valence-electron chi connectivity index (χ0n) is 17.5. The second-order valence-corrected chi connectivity index (χ2v) is 9.27. The largest absolute Gasteiger partial charge is 0.310 e. The number of hydrogen-bond donors (Lipinski definition) is 0. The third kappa shape index (κ3) is 1.85. The highest BCUT2D eigenvalue weighted by molar-refractivity contribution is 6.99. The summed E-state index contributed by atoms with van der Waals surface area (Å²) in [4.78, 5) is 0. The van der Waals surface area contributed by atoms with Crippen molar-refractivity contribution in [2.75, 3.05) is 0 Å². The quantitative estimate of drug-likeness (QED) is 0.356. The normalized spacial score (nSPS) is 14.9. The predicted molar refractivity (Wildman–Crippen MR) is 129 cm³/mol. The number of nitriles is 1. The van der Waals surface area contributed by atoms with Gasteiger partial charge in [0.15, 0.2) is 0 Å². The summed E-state index contributed by atoms with van der Waals surface area (Å²) in [5, 5.41) is 12.6. The molecule has 144 valence electrons. The molecule has 2 aliphatic rings. The van der Waals surface area contributed by atoms with Gasteiger partial charge in [-0.2, -0.15) is 5.26 Å². The van der Waals surface area contributed by atoms with E-state index in [1.807, 2.05) is 12.1 Å². The highest BCUT2D eigenvalue weighted by atomic mass is 15.0. The Morgan fingerprint density at radius 3 is 2.32 bits per heavy atom. The minimum absolute atomic E-state index is 0.0746. The molecule has 0 bridgehead atoms. The standard InChI is InChI=1S/C28H19BN2/c1-28(2)20-11-5-8-17(16-30)25(20)29-22-13-6-10-19-18-9-3-4-14-23(18)31(27(19)22)24-15-7-12-21(28)26(24)29/h3-15H,1-2H3. The first-order valence-corrected chi connectivity index (χ1v) is 10.8. The van der Waals surface area contributed by atoms with Gasteiger partial charge in [0.2, 0.25) is 6.71 Å². The van der Waals surface area contributed by atoms with Gasteiger partial charge in [0.1, 0.15) is 0 Å². The van der Waals surface area contributed by atoms with E-state index in [9.17, 15) is 5.26 Å². The summed E-state index contributed by atoms with van der Waals surface area (Å²) in [5.74, 6) is 0. The van der Waals surface area contributed by atoms with Crippen LogP contribution in [0.25, 0.3) is 27.5 Å². The van der Waals surface area contributed by atoms with Gasteiger partial charge < -0.3 is 4.57 Å². The molecule has 7 rings (SSSR count). The summed E-state index contributed by atoms with van der Waals surface area (Å²) < 4.78 is 2.45. The van der Waals surface area contributed by atoms with Crippen molar-refractivity contribution < 1.29 is 0 Å². The van der Waals surface area contributed by atoms with Crippen LogP contribution in [-0.4, -0.2) is 11.3 Å². The van der Waals surface area contributed by atoms with Crippen LogP contribution in [0.4, 0.5) is 0 Å². The fourth-order valence-corrected chi connectivity index (χ4v) is 6.24. The van der Waals surface area contributed by atoms with Gasteiger partial charge in [-0.3, -0.25) is 0 Å². The highest BCUT2D eigenvalue weighted by Crippen LogP contribution is 2.39.